The topological polar surface area (TPSA) is 70.5 Å². The fourth-order valence-electron chi connectivity index (χ4n) is 6.92. The Morgan fingerprint density at radius 1 is 1.07 bits per heavy atom. The average Bonchev–Trinajstić information content (AvgIpc) is 3.62. The summed E-state index contributed by atoms with van der Waals surface area (Å²) in [6.07, 6.45) is 5.02. The van der Waals surface area contributed by atoms with Gasteiger partial charge in [-0.15, -0.1) is 0 Å². The van der Waals surface area contributed by atoms with Gasteiger partial charge in [-0.1, -0.05) is 29.8 Å². The molecule has 2 aliphatic heterocycles. The number of aromatic nitrogens is 2. The van der Waals surface area contributed by atoms with E-state index in [4.69, 9.17) is 11.6 Å². The minimum absolute atomic E-state index is 0.104. The lowest BCUT2D eigenvalue weighted by molar-refractivity contribution is 0.0713. The maximum Gasteiger partial charge on any atom is 0.253 e. The van der Waals surface area contributed by atoms with Gasteiger partial charge >= 0.3 is 0 Å². The first-order valence-corrected chi connectivity index (χ1v) is 14.8. The number of aryl methyl sites for hydroxylation is 3. The molecule has 3 heterocycles. The Hall–Kier alpha value is -3.16. The quantitative estimate of drug-likeness (QED) is 0.464. The Bertz CT molecular complexity index is 1460. The molecule has 3 aromatic rings. The largest absolute Gasteiger partial charge is 0.345 e. The SMILES string of the molecule is Cc1nn(C)c(C)c1CN1CCC2(CC1)CCN(C(=O)c1ccc3c(c1)C(NC(=O)c1ccccc1Cl)CC3)C2. The summed E-state index contributed by atoms with van der Waals surface area (Å²) in [5.74, 6) is -0.0753. The van der Waals surface area contributed by atoms with Crippen LogP contribution in [-0.2, 0) is 20.0 Å². The second-order valence-electron chi connectivity index (χ2n) is 12.0. The number of halogens is 1. The first kappa shape index (κ1) is 27.0. The van der Waals surface area contributed by atoms with Gasteiger partial charge < -0.3 is 10.2 Å². The van der Waals surface area contributed by atoms with Crippen molar-refractivity contribution in [3.63, 3.8) is 0 Å². The van der Waals surface area contributed by atoms with Gasteiger partial charge in [0, 0.05) is 43.5 Å². The van der Waals surface area contributed by atoms with Crippen LogP contribution >= 0.6 is 11.6 Å². The average molecular weight is 560 g/mol. The molecule has 8 heteroatoms. The number of fused-ring (bicyclic) bond motifs is 1. The van der Waals surface area contributed by atoms with Gasteiger partial charge in [0.2, 0.25) is 0 Å². The number of hydrogen-bond donors (Lipinski definition) is 1. The molecule has 6 rings (SSSR count). The number of hydrogen-bond acceptors (Lipinski definition) is 4. The van der Waals surface area contributed by atoms with Crippen molar-refractivity contribution in [2.24, 2.45) is 12.5 Å². The van der Waals surface area contributed by atoms with E-state index in [1.807, 2.05) is 36.0 Å². The predicted molar refractivity (Wildman–Crippen MR) is 157 cm³/mol. The highest BCUT2D eigenvalue weighted by Gasteiger charge is 2.42. The maximum absolute atomic E-state index is 13.7. The van der Waals surface area contributed by atoms with Crippen LogP contribution in [0.3, 0.4) is 0 Å². The lowest BCUT2D eigenvalue weighted by Gasteiger charge is -2.39. The summed E-state index contributed by atoms with van der Waals surface area (Å²) in [4.78, 5) is 31.2. The highest BCUT2D eigenvalue weighted by atomic mass is 35.5. The minimum atomic E-state index is -0.179. The Labute approximate surface area is 241 Å². The number of piperidine rings is 1. The van der Waals surface area contributed by atoms with Gasteiger partial charge in [0.25, 0.3) is 11.8 Å². The second kappa shape index (κ2) is 10.7. The summed E-state index contributed by atoms with van der Waals surface area (Å²) in [5, 5.41) is 8.17. The molecule has 1 unspecified atom stereocenters. The van der Waals surface area contributed by atoms with Crippen molar-refractivity contribution in [2.75, 3.05) is 26.2 Å². The molecule has 2 amide bonds. The van der Waals surface area contributed by atoms with E-state index < -0.39 is 0 Å². The standard InChI is InChI=1S/C32H38ClN5O2/c1-21-27(22(2)36(3)35-21)19-37-15-12-32(13-16-37)14-17-38(20-32)31(40)24-9-8-23-10-11-29(26(23)18-24)34-30(39)25-6-4-5-7-28(25)33/h4-9,18,29H,10-17,19-20H2,1-3H3,(H,34,39). The lowest BCUT2D eigenvalue weighted by atomic mass is 9.77. The molecule has 0 saturated carbocycles. The molecule has 3 aliphatic rings. The zero-order chi connectivity index (χ0) is 28.0. The number of nitrogens with zero attached hydrogens (tertiary/aromatic N) is 4. The molecule has 1 aliphatic carbocycles. The number of rotatable bonds is 5. The summed E-state index contributed by atoms with van der Waals surface area (Å²) in [7, 11) is 2.01. The Kier molecular flexibility index (Phi) is 7.21. The third kappa shape index (κ3) is 5.06. The first-order chi connectivity index (χ1) is 19.2. The van der Waals surface area contributed by atoms with Crippen LogP contribution in [0.2, 0.25) is 5.02 Å². The van der Waals surface area contributed by atoms with Gasteiger partial charge in [-0.05, 0) is 99.8 Å². The zero-order valence-corrected chi connectivity index (χ0v) is 24.4. The number of likely N-dealkylation sites (tertiary alicyclic amines) is 2. The minimum Gasteiger partial charge on any atom is -0.345 e. The predicted octanol–water partition coefficient (Wildman–Crippen LogP) is 5.24. The smallest absolute Gasteiger partial charge is 0.253 e. The number of carbonyl (C=O) groups excluding carboxylic acids is 2. The van der Waals surface area contributed by atoms with Crippen molar-refractivity contribution in [2.45, 2.75) is 58.5 Å². The number of benzene rings is 2. The van der Waals surface area contributed by atoms with Gasteiger partial charge in [-0.3, -0.25) is 19.2 Å². The third-order valence-electron chi connectivity index (χ3n) is 9.58. The van der Waals surface area contributed by atoms with E-state index in [0.29, 0.717) is 10.6 Å². The van der Waals surface area contributed by atoms with E-state index in [2.05, 4.69) is 40.1 Å². The molecule has 1 atom stereocenters. The van der Waals surface area contributed by atoms with Crippen molar-refractivity contribution < 1.29 is 9.59 Å². The third-order valence-corrected chi connectivity index (χ3v) is 9.91. The molecule has 40 heavy (non-hydrogen) atoms. The van der Waals surface area contributed by atoms with Crippen LogP contribution in [0.1, 0.15) is 80.5 Å². The van der Waals surface area contributed by atoms with Crippen LogP contribution in [0, 0.1) is 19.3 Å². The van der Waals surface area contributed by atoms with Crippen molar-refractivity contribution in [3.8, 4) is 0 Å². The van der Waals surface area contributed by atoms with Crippen molar-refractivity contribution in [3.05, 3.63) is 86.7 Å². The molecule has 7 nitrogen and oxygen atoms in total. The van der Waals surface area contributed by atoms with Gasteiger partial charge in [-0.25, -0.2) is 0 Å². The molecule has 1 N–H and O–H groups in total. The van der Waals surface area contributed by atoms with Crippen LogP contribution in [0.5, 0.6) is 0 Å². The summed E-state index contributed by atoms with van der Waals surface area (Å²) in [5.41, 5.74) is 7.37. The van der Waals surface area contributed by atoms with E-state index in [1.165, 1.54) is 16.8 Å². The van der Waals surface area contributed by atoms with E-state index in [0.717, 1.165) is 81.6 Å². The molecule has 2 fully saturated rings. The fourth-order valence-corrected chi connectivity index (χ4v) is 7.14. The summed E-state index contributed by atoms with van der Waals surface area (Å²) in [6.45, 7) is 8.95. The van der Waals surface area contributed by atoms with Crippen molar-refractivity contribution in [1.29, 1.82) is 0 Å². The molecule has 1 aromatic heterocycles. The van der Waals surface area contributed by atoms with E-state index in [-0.39, 0.29) is 23.3 Å². The van der Waals surface area contributed by atoms with Gasteiger partial charge in [0.1, 0.15) is 0 Å². The van der Waals surface area contributed by atoms with Gasteiger partial charge in [0.05, 0.1) is 22.3 Å². The van der Waals surface area contributed by atoms with Crippen LogP contribution < -0.4 is 5.32 Å². The number of carbonyl (C=O) groups is 2. The maximum atomic E-state index is 13.7. The lowest BCUT2D eigenvalue weighted by Crippen LogP contribution is -2.42. The zero-order valence-electron chi connectivity index (χ0n) is 23.7. The van der Waals surface area contributed by atoms with Crippen LogP contribution in [0.25, 0.3) is 0 Å². The fraction of sp³-hybridized carbons (Fsp3) is 0.469. The van der Waals surface area contributed by atoms with E-state index >= 15 is 0 Å². The Morgan fingerprint density at radius 3 is 2.55 bits per heavy atom. The molecule has 2 saturated heterocycles. The first-order valence-electron chi connectivity index (χ1n) is 14.4. The van der Waals surface area contributed by atoms with Crippen molar-refractivity contribution in [1.82, 2.24) is 24.9 Å². The highest BCUT2D eigenvalue weighted by Crippen LogP contribution is 2.41. The second-order valence-corrected chi connectivity index (χ2v) is 12.4. The molecule has 0 radical (unpaired) electrons. The van der Waals surface area contributed by atoms with E-state index in [9.17, 15) is 9.59 Å². The van der Waals surface area contributed by atoms with Crippen LogP contribution in [0.4, 0.5) is 0 Å². The highest BCUT2D eigenvalue weighted by molar-refractivity contribution is 6.33. The molecule has 0 bridgehead atoms. The van der Waals surface area contributed by atoms with Crippen LogP contribution in [0.15, 0.2) is 42.5 Å². The van der Waals surface area contributed by atoms with E-state index in [1.54, 1.807) is 12.1 Å². The molecular weight excluding hydrogens is 522 g/mol. The Balaban J connectivity index is 1.09. The number of nitrogens with one attached hydrogen (secondary N) is 1. The summed E-state index contributed by atoms with van der Waals surface area (Å²) < 4.78 is 1.98. The Morgan fingerprint density at radius 2 is 1.82 bits per heavy atom. The van der Waals surface area contributed by atoms with Crippen molar-refractivity contribution >= 4 is 23.4 Å². The van der Waals surface area contributed by atoms with Gasteiger partial charge in [-0.2, -0.15) is 5.10 Å². The van der Waals surface area contributed by atoms with Crippen LogP contribution in [-0.4, -0.2) is 57.6 Å². The molecule has 210 valence electrons. The summed E-state index contributed by atoms with van der Waals surface area (Å²) in [6, 6.07) is 13.0. The number of amides is 2. The van der Waals surface area contributed by atoms with Gasteiger partial charge in [0.15, 0.2) is 0 Å². The molecule has 1 spiro atoms. The monoisotopic (exact) mass is 559 g/mol. The normalized spacial score (nSPS) is 20.2. The molecule has 2 aromatic carbocycles. The summed E-state index contributed by atoms with van der Waals surface area (Å²) >= 11 is 6.25. The molecular formula is C32H38ClN5O2.